The van der Waals surface area contributed by atoms with Gasteiger partial charge in [0.25, 0.3) is 0 Å². The second-order valence-corrected chi connectivity index (χ2v) is 6.97. The average molecular weight is 358 g/mol. The third-order valence-corrected chi connectivity index (χ3v) is 5.00. The molecule has 0 saturated carbocycles. The predicted octanol–water partition coefficient (Wildman–Crippen LogP) is 3.80. The summed E-state index contributed by atoms with van der Waals surface area (Å²) < 4.78 is 0. The van der Waals surface area contributed by atoms with E-state index in [-0.39, 0.29) is 11.9 Å². The molecular weight excluding hydrogens is 334 g/mol. The molecule has 0 aromatic heterocycles. The van der Waals surface area contributed by atoms with Crippen molar-refractivity contribution in [2.75, 3.05) is 36.4 Å². The van der Waals surface area contributed by atoms with E-state index in [1.54, 1.807) is 0 Å². The van der Waals surface area contributed by atoms with Crippen LogP contribution < -0.4 is 10.2 Å². The van der Waals surface area contributed by atoms with Gasteiger partial charge in [-0.15, -0.1) is 0 Å². The Balaban J connectivity index is 1.53. The van der Waals surface area contributed by atoms with Crippen molar-refractivity contribution < 1.29 is 4.79 Å². The highest BCUT2D eigenvalue weighted by Gasteiger charge is 2.25. The SMILES string of the molecule is Cc1ccc(NC(=O)[C@@H](C)N2CCN(c3ccc(Cl)cc3)CC2)cc1. The number of hydrogen-bond acceptors (Lipinski definition) is 3. The lowest BCUT2D eigenvalue weighted by Gasteiger charge is -2.38. The largest absolute Gasteiger partial charge is 0.369 e. The third kappa shape index (κ3) is 4.53. The quantitative estimate of drug-likeness (QED) is 0.904. The van der Waals surface area contributed by atoms with Crippen LogP contribution in [0.2, 0.25) is 5.02 Å². The summed E-state index contributed by atoms with van der Waals surface area (Å²) in [4.78, 5) is 17.1. The molecule has 0 unspecified atom stereocenters. The first-order chi connectivity index (χ1) is 12.0. The second-order valence-electron chi connectivity index (χ2n) is 6.53. The van der Waals surface area contributed by atoms with Crippen molar-refractivity contribution in [2.45, 2.75) is 19.9 Å². The zero-order valence-electron chi connectivity index (χ0n) is 14.7. The first-order valence-corrected chi connectivity index (χ1v) is 9.03. The maximum Gasteiger partial charge on any atom is 0.241 e. The zero-order valence-corrected chi connectivity index (χ0v) is 15.5. The minimum atomic E-state index is -0.145. The second kappa shape index (κ2) is 7.89. The summed E-state index contributed by atoms with van der Waals surface area (Å²) >= 11 is 5.95. The van der Waals surface area contributed by atoms with Gasteiger partial charge in [-0.1, -0.05) is 29.3 Å². The van der Waals surface area contributed by atoms with Crippen LogP contribution in [0.1, 0.15) is 12.5 Å². The Labute approximate surface area is 154 Å². The van der Waals surface area contributed by atoms with E-state index in [0.29, 0.717) is 0 Å². The number of anilines is 2. The van der Waals surface area contributed by atoms with Crippen molar-refractivity contribution >= 4 is 28.9 Å². The summed E-state index contributed by atoms with van der Waals surface area (Å²) in [5.41, 5.74) is 3.22. The molecule has 0 bridgehead atoms. The van der Waals surface area contributed by atoms with Crippen molar-refractivity contribution in [1.82, 2.24) is 4.90 Å². The molecule has 2 aromatic rings. The van der Waals surface area contributed by atoms with Crippen LogP contribution in [0.25, 0.3) is 0 Å². The molecule has 1 N–H and O–H groups in total. The molecule has 0 radical (unpaired) electrons. The van der Waals surface area contributed by atoms with E-state index in [1.165, 1.54) is 11.3 Å². The maximum atomic E-state index is 12.5. The smallest absolute Gasteiger partial charge is 0.241 e. The minimum absolute atomic E-state index is 0.0452. The molecule has 4 nitrogen and oxygen atoms in total. The number of nitrogens with one attached hydrogen (secondary N) is 1. The van der Waals surface area contributed by atoms with Crippen molar-refractivity contribution in [3.05, 3.63) is 59.1 Å². The van der Waals surface area contributed by atoms with Gasteiger partial charge >= 0.3 is 0 Å². The fourth-order valence-electron chi connectivity index (χ4n) is 3.07. The van der Waals surface area contributed by atoms with E-state index in [1.807, 2.05) is 62.4 Å². The molecule has 0 spiro atoms. The van der Waals surface area contributed by atoms with Gasteiger partial charge in [-0.2, -0.15) is 0 Å². The molecule has 0 aliphatic carbocycles. The molecule has 1 atom stereocenters. The van der Waals surface area contributed by atoms with Gasteiger partial charge in [0.05, 0.1) is 6.04 Å². The summed E-state index contributed by atoms with van der Waals surface area (Å²) in [6.07, 6.45) is 0. The standard InChI is InChI=1S/C20H24ClN3O/c1-15-3-7-18(8-4-15)22-20(25)16(2)23-11-13-24(14-12-23)19-9-5-17(21)6-10-19/h3-10,16H,11-14H2,1-2H3,(H,22,25)/t16-/m1/s1. The highest BCUT2D eigenvalue weighted by Crippen LogP contribution is 2.20. The van der Waals surface area contributed by atoms with Crippen molar-refractivity contribution in [1.29, 1.82) is 0 Å². The predicted molar refractivity (Wildman–Crippen MR) is 105 cm³/mol. The maximum absolute atomic E-state index is 12.5. The van der Waals surface area contributed by atoms with E-state index in [9.17, 15) is 4.79 Å². The molecule has 132 valence electrons. The number of aryl methyl sites for hydroxylation is 1. The normalized spacial score (nSPS) is 16.5. The Morgan fingerprint density at radius 1 is 1.00 bits per heavy atom. The van der Waals surface area contributed by atoms with E-state index >= 15 is 0 Å². The molecule has 1 aliphatic rings. The molecule has 1 saturated heterocycles. The third-order valence-electron chi connectivity index (χ3n) is 4.75. The van der Waals surface area contributed by atoms with Crippen LogP contribution in [0.4, 0.5) is 11.4 Å². The van der Waals surface area contributed by atoms with Crippen molar-refractivity contribution in [2.24, 2.45) is 0 Å². The van der Waals surface area contributed by atoms with Crippen LogP contribution in [0.3, 0.4) is 0 Å². The van der Waals surface area contributed by atoms with Gasteiger partial charge in [0.15, 0.2) is 0 Å². The highest BCUT2D eigenvalue weighted by molar-refractivity contribution is 6.30. The van der Waals surface area contributed by atoms with Crippen LogP contribution >= 0.6 is 11.6 Å². The summed E-state index contributed by atoms with van der Waals surface area (Å²) in [5, 5.41) is 3.76. The number of piperazine rings is 1. The van der Waals surface area contributed by atoms with Crippen LogP contribution in [-0.4, -0.2) is 43.0 Å². The first kappa shape index (κ1) is 17.8. The number of rotatable bonds is 4. The van der Waals surface area contributed by atoms with Crippen molar-refractivity contribution in [3.63, 3.8) is 0 Å². The van der Waals surface area contributed by atoms with E-state index in [2.05, 4.69) is 15.1 Å². The highest BCUT2D eigenvalue weighted by atomic mass is 35.5. The lowest BCUT2D eigenvalue weighted by molar-refractivity contribution is -0.120. The van der Waals surface area contributed by atoms with Crippen LogP contribution in [-0.2, 0) is 4.79 Å². The molecular formula is C20H24ClN3O. The fourth-order valence-corrected chi connectivity index (χ4v) is 3.19. The summed E-state index contributed by atoms with van der Waals surface area (Å²) in [6.45, 7) is 7.56. The number of benzene rings is 2. The van der Waals surface area contributed by atoms with Gasteiger partial charge in [-0.3, -0.25) is 9.69 Å². The molecule has 1 aliphatic heterocycles. The van der Waals surface area contributed by atoms with Crippen LogP contribution in [0.15, 0.2) is 48.5 Å². The minimum Gasteiger partial charge on any atom is -0.369 e. The Morgan fingerprint density at radius 3 is 2.20 bits per heavy atom. The summed E-state index contributed by atoms with van der Waals surface area (Å²) in [5.74, 6) is 0.0452. The molecule has 1 heterocycles. The number of carbonyl (C=O) groups is 1. The van der Waals surface area contributed by atoms with Gasteiger partial charge in [-0.25, -0.2) is 0 Å². The van der Waals surface area contributed by atoms with Crippen molar-refractivity contribution in [3.8, 4) is 0 Å². The zero-order chi connectivity index (χ0) is 17.8. The lowest BCUT2D eigenvalue weighted by atomic mass is 10.2. The van der Waals surface area contributed by atoms with Gasteiger partial charge in [0, 0.05) is 42.6 Å². The molecule has 5 heteroatoms. The monoisotopic (exact) mass is 357 g/mol. The van der Waals surface area contributed by atoms with Gasteiger partial charge in [0.2, 0.25) is 5.91 Å². The Kier molecular flexibility index (Phi) is 5.61. The number of amides is 1. The fraction of sp³-hybridized carbons (Fsp3) is 0.350. The lowest BCUT2D eigenvalue weighted by Crippen LogP contribution is -2.52. The Hall–Kier alpha value is -2.04. The molecule has 1 amide bonds. The van der Waals surface area contributed by atoms with E-state index in [0.717, 1.165) is 36.9 Å². The van der Waals surface area contributed by atoms with Crippen LogP contribution in [0.5, 0.6) is 0 Å². The summed E-state index contributed by atoms with van der Waals surface area (Å²) in [6, 6.07) is 15.7. The first-order valence-electron chi connectivity index (χ1n) is 8.65. The topological polar surface area (TPSA) is 35.6 Å². The number of hydrogen-bond donors (Lipinski definition) is 1. The average Bonchev–Trinajstić information content (AvgIpc) is 2.64. The molecule has 1 fully saturated rings. The van der Waals surface area contributed by atoms with Gasteiger partial charge in [-0.05, 0) is 50.2 Å². The van der Waals surface area contributed by atoms with Gasteiger partial charge < -0.3 is 10.2 Å². The summed E-state index contributed by atoms with van der Waals surface area (Å²) in [7, 11) is 0. The Bertz CT molecular complexity index is 707. The van der Waals surface area contributed by atoms with Gasteiger partial charge in [0.1, 0.15) is 0 Å². The number of carbonyl (C=O) groups excluding carboxylic acids is 1. The van der Waals surface area contributed by atoms with Crippen LogP contribution in [0, 0.1) is 6.92 Å². The molecule has 2 aromatic carbocycles. The van der Waals surface area contributed by atoms with E-state index in [4.69, 9.17) is 11.6 Å². The molecule has 3 rings (SSSR count). The van der Waals surface area contributed by atoms with E-state index < -0.39 is 0 Å². The molecule has 25 heavy (non-hydrogen) atoms. The number of nitrogens with zero attached hydrogens (tertiary/aromatic N) is 2. The Morgan fingerprint density at radius 2 is 1.60 bits per heavy atom. The number of halogens is 1.